The molecule has 8 heteroatoms. The Morgan fingerprint density at radius 2 is 1.47 bits per heavy atom. The lowest BCUT2D eigenvalue weighted by atomic mass is 9.98. The van der Waals surface area contributed by atoms with Gasteiger partial charge in [0.2, 0.25) is 5.91 Å². The number of aryl methyl sites for hydroxylation is 1. The zero-order valence-corrected chi connectivity index (χ0v) is 22.0. The molecular formula is C30H29FN2O4S. The first-order chi connectivity index (χ1) is 18.3. The first kappa shape index (κ1) is 26.9. The average Bonchev–Trinajstić information content (AvgIpc) is 2.92. The molecule has 0 radical (unpaired) electrons. The van der Waals surface area contributed by atoms with E-state index < -0.39 is 34.3 Å². The normalized spacial score (nSPS) is 12.0. The van der Waals surface area contributed by atoms with Gasteiger partial charge < -0.3 is 10.1 Å². The highest BCUT2D eigenvalue weighted by Gasteiger charge is 2.28. The number of anilines is 1. The quantitative estimate of drug-likeness (QED) is 0.287. The van der Waals surface area contributed by atoms with Crippen LogP contribution in [0.15, 0.2) is 108 Å². The summed E-state index contributed by atoms with van der Waals surface area (Å²) in [4.78, 5) is 13.3. The highest BCUT2D eigenvalue weighted by molar-refractivity contribution is 7.92. The van der Waals surface area contributed by atoms with E-state index in [2.05, 4.69) is 5.32 Å². The molecule has 4 aromatic carbocycles. The van der Waals surface area contributed by atoms with Gasteiger partial charge in [-0.15, -0.1) is 0 Å². The third-order valence-electron chi connectivity index (χ3n) is 5.97. The van der Waals surface area contributed by atoms with Crippen molar-refractivity contribution < 1.29 is 22.3 Å². The lowest BCUT2D eigenvalue weighted by Gasteiger charge is -2.26. The number of rotatable bonds is 10. The third kappa shape index (κ3) is 6.39. The van der Waals surface area contributed by atoms with Crippen molar-refractivity contribution in [1.29, 1.82) is 0 Å². The van der Waals surface area contributed by atoms with E-state index in [1.54, 1.807) is 24.3 Å². The van der Waals surface area contributed by atoms with E-state index in [4.69, 9.17) is 4.74 Å². The van der Waals surface area contributed by atoms with Crippen LogP contribution < -0.4 is 14.4 Å². The summed E-state index contributed by atoms with van der Waals surface area (Å²) in [5.74, 6) is -0.486. The number of carbonyl (C=O) groups excluding carboxylic acids is 1. The van der Waals surface area contributed by atoms with Crippen LogP contribution in [-0.2, 0) is 14.8 Å². The van der Waals surface area contributed by atoms with E-state index in [-0.39, 0.29) is 10.6 Å². The van der Waals surface area contributed by atoms with Crippen molar-refractivity contribution in [2.45, 2.75) is 24.8 Å². The molecule has 4 aromatic rings. The highest BCUT2D eigenvalue weighted by atomic mass is 32.2. The molecule has 1 atom stereocenters. The van der Waals surface area contributed by atoms with E-state index in [1.165, 1.54) is 12.1 Å². The van der Waals surface area contributed by atoms with Crippen LogP contribution in [0.3, 0.4) is 0 Å². The molecular weight excluding hydrogens is 503 g/mol. The average molecular weight is 533 g/mol. The summed E-state index contributed by atoms with van der Waals surface area (Å²) < 4.78 is 47.3. The van der Waals surface area contributed by atoms with Crippen molar-refractivity contribution in [1.82, 2.24) is 5.32 Å². The van der Waals surface area contributed by atoms with Crippen molar-refractivity contribution >= 4 is 21.6 Å². The van der Waals surface area contributed by atoms with Crippen molar-refractivity contribution in [3.63, 3.8) is 0 Å². The third-order valence-corrected chi connectivity index (χ3v) is 7.76. The van der Waals surface area contributed by atoms with Crippen LogP contribution in [0, 0.1) is 12.7 Å². The number of sulfonamides is 1. The molecule has 0 spiro atoms. The maximum Gasteiger partial charge on any atom is 0.264 e. The van der Waals surface area contributed by atoms with Crippen LogP contribution in [0.5, 0.6) is 5.75 Å². The Morgan fingerprint density at radius 3 is 2.08 bits per heavy atom. The van der Waals surface area contributed by atoms with Gasteiger partial charge in [0.05, 0.1) is 23.2 Å². The Kier molecular flexibility index (Phi) is 8.43. The lowest BCUT2D eigenvalue weighted by molar-refractivity contribution is -0.120. The number of hydrogen-bond acceptors (Lipinski definition) is 4. The second-order valence-electron chi connectivity index (χ2n) is 8.71. The van der Waals surface area contributed by atoms with E-state index in [0.717, 1.165) is 33.1 Å². The van der Waals surface area contributed by atoms with E-state index >= 15 is 0 Å². The van der Waals surface area contributed by atoms with E-state index in [9.17, 15) is 17.6 Å². The second kappa shape index (κ2) is 11.9. The Morgan fingerprint density at radius 1 is 0.868 bits per heavy atom. The van der Waals surface area contributed by atoms with Gasteiger partial charge in [-0.05, 0) is 73.5 Å². The van der Waals surface area contributed by atoms with E-state index in [1.807, 2.05) is 68.4 Å². The van der Waals surface area contributed by atoms with Gasteiger partial charge in [0.25, 0.3) is 10.0 Å². The summed E-state index contributed by atoms with van der Waals surface area (Å²) in [6.07, 6.45) is 0. The number of carbonyl (C=O) groups is 1. The molecule has 0 aliphatic rings. The molecule has 0 aliphatic heterocycles. The Labute approximate surface area is 222 Å². The van der Waals surface area contributed by atoms with Gasteiger partial charge >= 0.3 is 0 Å². The summed E-state index contributed by atoms with van der Waals surface area (Å²) in [5.41, 5.74) is 3.08. The van der Waals surface area contributed by atoms with Gasteiger partial charge in [0.1, 0.15) is 18.1 Å². The number of hydrogen-bond donors (Lipinski definition) is 1. The predicted octanol–water partition coefficient (Wildman–Crippen LogP) is 5.63. The minimum absolute atomic E-state index is 0.126. The molecule has 1 amide bonds. The molecule has 0 aliphatic carbocycles. The molecule has 0 fully saturated rings. The summed E-state index contributed by atoms with van der Waals surface area (Å²) >= 11 is 0. The van der Waals surface area contributed by atoms with Gasteiger partial charge in [-0.1, -0.05) is 60.2 Å². The topological polar surface area (TPSA) is 75.7 Å². The van der Waals surface area contributed by atoms with Crippen LogP contribution >= 0.6 is 0 Å². The van der Waals surface area contributed by atoms with Gasteiger partial charge in [0, 0.05) is 0 Å². The standard InChI is InChI=1S/C30H29FN2O4S/c1-3-37-27-17-15-26(16-18-27)33(38(35,36)28-19-13-25(31)14-20-28)21-29(34)32-30(23-7-5-4-6-8-23)24-11-9-22(2)10-12-24/h4-20,30H,3,21H2,1-2H3,(H,32,34)/t30-/m1/s1. The number of ether oxygens (including phenoxy) is 1. The molecule has 0 bridgehead atoms. The van der Waals surface area contributed by atoms with Crippen LogP contribution in [0.1, 0.15) is 29.7 Å². The fourth-order valence-electron chi connectivity index (χ4n) is 4.02. The number of benzene rings is 4. The monoisotopic (exact) mass is 532 g/mol. The van der Waals surface area contributed by atoms with Crippen LogP contribution in [0.4, 0.5) is 10.1 Å². The number of halogens is 1. The fraction of sp³-hybridized carbons (Fsp3) is 0.167. The predicted molar refractivity (Wildman–Crippen MR) is 146 cm³/mol. The summed E-state index contributed by atoms with van der Waals surface area (Å²) in [6, 6.07) is 27.7. The molecule has 0 heterocycles. The van der Waals surface area contributed by atoms with Gasteiger partial charge in [-0.2, -0.15) is 0 Å². The van der Waals surface area contributed by atoms with Crippen LogP contribution in [-0.4, -0.2) is 27.5 Å². The van der Waals surface area contributed by atoms with Gasteiger partial charge in [0.15, 0.2) is 0 Å². The summed E-state index contributed by atoms with van der Waals surface area (Å²) in [5, 5.41) is 3.00. The Bertz CT molecular complexity index is 1460. The number of nitrogens with one attached hydrogen (secondary N) is 1. The molecule has 1 N–H and O–H groups in total. The maximum absolute atomic E-state index is 13.6. The fourth-order valence-corrected chi connectivity index (χ4v) is 5.45. The molecule has 6 nitrogen and oxygen atoms in total. The minimum atomic E-state index is -4.20. The van der Waals surface area contributed by atoms with Gasteiger partial charge in [-0.25, -0.2) is 12.8 Å². The maximum atomic E-state index is 13.6. The molecule has 38 heavy (non-hydrogen) atoms. The van der Waals surface area contributed by atoms with Crippen LogP contribution in [0.2, 0.25) is 0 Å². The molecule has 0 saturated carbocycles. The van der Waals surface area contributed by atoms with Crippen molar-refractivity contribution in [2.75, 3.05) is 17.5 Å². The van der Waals surface area contributed by atoms with Crippen LogP contribution in [0.25, 0.3) is 0 Å². The SMILES string of the molecule is CCOc1ccc(N(CC(=O)N[C@H](c2ccccc2)c2ccc(C)cc2)S(=O)(=O)c2ccc(F)cc2)cc1. The van der Waals surface area contributed by atoms with Crippen molar-refractivity contribution in [3.05, 3.63) is 126 Å². The second-order valence-corrected chi connectivity index (χ2v) is 10.6. The number of nitrogens with zero attached hydrogens (tertiary/aromatic N) is 1. The summed E-state index contributed by atoms with van der Waals surface area (Å²) in [7, 11) is -4.20. The van der Waals surface area contributed by atoms with Crippen molar-refractivity contribution in [3.8, 4) is 5.75 Å². The minimum Gasteiger partial charge on any atom is -0.494 e. The zero-order chi connectivity index (χ0) is 27.1. The Hall–Kier alpha value is -4.17. The van der Waals surface area contributed by atoms with E-state index in [0.29, 0.717) is 12.4 Å². The Balaban J connectivity index is 1.67. The zero-order valence-electron chi connectivity index (χ0n) is 21.2. The molecule has 0 aromatic heterocycles. The van der Waals surface area contributed by atoms with Crippen molar-refractivity contribution in [2.24, 2.45) is 0 Å². The first-order valence-electron chi connectivity index (χ1n) is 12.2. The first-order valence-corrected chi connectivity index (χ1v) is 13.6. The number of amides is 1. The molecule has 196 valence electrons. The smallest absolute Gasteiger partial charge is 0.264 e. The largest absolute Gasteiger partial charge is 0.494 e. The molecule has 4 rings (SSSR count). The lowest BCUT2D eigenvalue weighted by Crippen LogP contribution is -2.42. The summed E-state index contributed by atoms with van der Waals surface area (Å²) in [6.45, 7) is 3.80. The highest BCUT2D eigenvalue weighted by Crippen LogP contribution is 2.27. The molecule has 0 unspecified atom stereocenters. The van der Waals surface area contributed by atoms with Gasteiger partial charge in [-0.3, -0.25) is 9.10 Å². The molecule has 0 saturated heterocycles.